The average Bonchev–Trinajstić information content (AvgIpc) is 3.40. The first-order valence-corrected chi connectivity index (χ1v) is 11.6. The van der Waals surface area contributed by atoms with Gasteiger partial charge in [0.05, 0.1) is 23.8 Å². The second-order valence-corrected chi connectivity index (χ2v) is 10.2. The van der Waals surface area contributed by atoms with Gasteiger partial charge in [0.25, 0.3) is 0 Å². The number of hydrogen-bond acceptors (Lipinski definition) is 6. The minimum Gasteiger partial charge on any atom is -0.472 e. The molecule has 1 aliphatic carbocycles. The number of sulfonamides is 1. The molecule has 0 amide bonds. The maximum atomic E-state index is 12.4. The van der Waals surface area contributed by atoms with Crippen LogP contribution in [0, 0.1) is 0 Å². The number of rotatable bonds is 7. The van der Waals surface area contributed by atoms with E-state index in [4.69, 9.17) is 4.74 Å². The Bertz CT molecular complexity index is 815. The lowest BCUT2D eigenvalue weighted by Crippen LogP contribution is -2.52. The quantitative estimate of drug-likeness (QED) is 0.655. The number of alkyl halides is 3. The summed E-state index contributed by atoms with van der Waals surface area (Å²) >= 11 is 0. The lowest BCUT2D eigenvalue weighted by Gasteiger charge is -2.36. The summed E-state index contributed by atoms with van der Waals surface area (Å²) in [5.41, 5.74) is 0.993. The van der Waals surface area contributed by atoms with Gasteiger partial charge in [-0.25, -0.2) is 13.4 Å². The predicted molar refractivity (Wildman–Crippen MR) is 99.0 cm³/mol. The smallest absolute Gasteiger partial charge is 0.389 e. The van der Waals surface area contributed by atoms with Crippen molar-refractivity contribution in [2.24, 2.45) is 0 Å². The van der Waals surface area contributed by atoms with E-state index in [9.17, 15) is 21.6 Å². The summed E-state index contributed by atoms with van der Waals surface area (Å²) in [5, 5.41) is 0. The summed E-state index contributed by atoms with van der Waals surface area (Å²) in [7, 11) is -3.68. The molecule has 0 N–H and O–H groups in total. The zero-order valence-electron chi connectivity index (χ0n) is 16.0. The maximum Gasteiger partial charge on any atom is 0.389 e. The lowest BCUT2D eigenvalue weighted by molar-refractivity contribution is -0.134. The first-order chi connectivity index (χ1) is 13.7. The minimum atomic E-state index is -4.33. The van der Waals surface area contributed by atoms with Crippen LogP contribution in [0.4, 0.5) is 13.2 Å². The van der Waals surface area contributed by atoms with Crippen molar-refractivity contribution >= 4 is 10.0 Å². The lowest BCUT2D eigenvalue weighted by atomic mass is 10.2. The Kier molecular flexibility index (Phi) is 5.73. The van der Waals surface area contributed by atoms with Crippen LogP contribution >= 0.6 is 0 Å². The van der Waals surface area contributed by atoms with Crippen LogP contribution in [0.3, 0.4) is 0 Å². The molecule has 0 bridgehead atoms. The monoisotopic (exact) mass is 434 g/mol. The fourth-order valence-electron chi connectivity index (χ4n) is 4.04. The zero-order valence-corrected chi connectivity index (χ0v) is 16.8. The van der Waals surface area contributed by atoms with Gasteiger partial charge in [0.15, 0.2) is 0 Å². The highest BCUT2D eigenvalue weighted by Gasteiger charge is 2.40. The van der Waals surface area contributed by atoms with Crippen molar-refractivity contribution in [1.29, 1.82) is 0 Å². The van der Waals surface area contributed by atoms with Gasteiger partial charge in [-0.05, 0) is 19.3 Å². The van der Waals surface area contributed by atoms with Crippen molar-refractivity contribution in [3.8, 4) is 5.88 Å². The number of nitrogens with zero attached hydrogens (tertiary/aromatic N) is 4. The number of piperazine rings is 1. The van der Waals surface area contributed by atoms with E-state index in [1.807, 2.05) is 0 Å². The second-order valence-electron chi connectivity index (χ2n) is 8.07. The Labute approximate surface area is 168 Å². The number of ether oxygens (including phenoxy) is 1. The van der Waals surface area contributed by atoms with E-state index in [-0.39, 0.29) is 12.1 Å². The summed E-state index contributed by atoms with van der Waals surface area (Å²) in [4.78, 5) is 10.9. The van der Waals surface area contributed by atoms with Crippen molar-refractivity contribution in [3.05, 3.63) is 18.1 Å². The molecule has 11 heteroatoms. The molecule has 0 spiro atoms. The third kappa shape index (κ3) is 5.37. The van der Waals surface area contributed by atoms with Gasteiger partial charge < -0.3 is 4.74 Å². The summed E-state index contributed by atoms with van der Waals surface area (Å²) in [5.74, 6) is 0.527. The highest BCUT2D eigenvalue weighted by atomic mass is 32.2. The molecule has 29 heavy (non-hydrogen) atoms. The maximum absolute atomic E-state index is 12.4. The molecule has 2 aliphatic heterocycles. The largest absolute Gasteiger partial charge is 0.472 e. The Morgan fingerprint density at radius 3 is 2.59 bits per heavy atom. The van der Waals surface area contributed by atoms with Gasteiger partial charge in [-0.15, -0.1) is 0 Å². The highest BCUT2D eigenvalue weighted by Crippen LogP contribution is 2.38. The van der Waals surface area contributed by atoms with Crippen LogP contribution in [-0.4, -0.2) is 77.8 Å². The van der Waals surface area contributed by atoms with Gasteiger partial charge in [0, 0.05) is 51.0 Å². The van der Waals surface area contributed by atoms with Crippen LogP contribution in [-0.2, 0) is 10.0 Å². The first kappa shape index (κ1) is 20.8. The van der Waals surface area contributed by atoms with Crippen LogP contribution in [0.2, 0.25) is 0 Å². The third-order valence-corrected chi connectivity index (χ3v) is 7.65. The molecule has 0 radical (unpaired) electrons. The van der Waals surface area contributed by atoms with Crippen LogP contribution in [0.5, 0.6) is 5.88 Å². The fourth-order valence-corrected chi connectivity index (χ4v) is 5.56. The van der Waals surface area contributed by atoms with Crippen molar-refractivity contribution in [2.45, 2.75) is 56.3 Å². The third-order valence-electron chi connectivity index (χ3n) is 5.73. The SMILES string of the molecule is O=S(=O)(CCCC(F)(F)F)N1CCN2C[C@H](Oc3cnc(C4CC4)cn3)C[C@H]2C1. The van der Waals surface area contributed by atoms with Gasteiger partial charge in [-0.3, -0.25) is 9.88 Å². The molecule has 7 nitrogen and oxygen atoms in total. The van der Waals surface area contributed by atoms with E-state index in [1.165, 1.54) is 4.31 Å². The molecule has 3 heterocycles. The number of hydrogen-bond donors (Lipinski definition) is 0. The molecule has 3 fully saturated rings. The predicted octanol–water partition coefficient (Wildman–Crippen LogP) is 2.16. The number of fused-ring (bicyclic) bond motifs is 1. The standard InChI is InChI=1S/C18H25F3N4O3S/c19-18(20,21)4-1-7-29(26,27)25-6-5-24-12-15(8-14(24)11-25)28-17-10-22-16(9-23-17)13-2-3-13/h9-10,13-15H,1-8,11-12H2/t14-,15+/m0/s1. The van der Waals surface area contributed by atoms with Gasteiger partial charge in [-0.1, -0.05) is 0 Å². The van der Waals surface area contributed by atoms with Crippen LogP contribution in [0.25, 0.3) is 0 Å². The molecule has 0 unspecified atom stereocenters. The molecule has 4 rings (SSSR count). The van der Waals surface area contributed by atoms with Gasteiger partial charge in [-0.2, -0.15) is 17.5 Å². The van der Waals surface area contributed by atoms with Crippen molar-refractivity contribution < 1.29 is 26.3 Å². The molecule has 2 atom stereocenters. The Morgan fingerprint density at radius 2 is 1.93 bits per heavy atom. The molecule has 0 aromatic carbocycles. The summed E-state index contributed by atoms with van der Waals surface area (Å²) < 4.78 is 69.0. The van der Waals surface area contributed by atoms with Crippen LogP contribution in [0.1, 0.15) is 43.7 Å². The molecular formula is C18H25F3N4O3S. The zero-order chi connectivity index (χ0) is 20.6. The molecular weight excluding hydrogens is 409 g/mol. The van der Waals surface area contributed by atoms with Gasteiger partial charge in [0.2, 0.25) is 15.9 Å². The normalized spacial score (nSPS) is 26.4. The van der Waals surface area contributed by atoms with Gasteiger partial charge in [0.1, 0.15) is 6.10 Å². The fraction of sp³-hybridized carbons (Fsp3) is 0.778. The van der Waals surface area contributed by atoms with E-state index in [0.717, 1.165) is 18.5 Å². The Balaban J connectivity index is 1.28. The Morgan fingerprint density at radius 1 is 1.14 bits per heavy atom. The molecule has 1 aromatic rings. The van der Waals surface area contributed by atoms with E-state index in [1.54, 1.807) is 12.4 Å². The highest BCUT2D eigenvalue weighted by molar-refractivity contribution is 7.89. The summed E-state index contributed by atoms with van der Waals surface area (Å²) in [6, 6.07) is 0.00448. The minimum absolute atomic E-state index is 0.00448. The second kappa shape index (κ2) is 7.99. The first-order valence-electron chi connectivity index (χ1n) is 9.97. The van der Waals surface area contributed by atoms with Crippen molar-refractivity contribution in [3.63, 3.8) is 0 Å². The molecule has 162 valence electrons. The number of halogens is 3. The average molecular weight is 434 g/mol. The van der Waals surface area contributed by atoms with Crippen LogP contribution in [0.15, 0.2) is 12.4 Å². The van der Waals surface area contributed by atoms with E-state index in [0.29, 0.717) is 44.4 Å². The summed E-state index contributed by atoms with van der Waals surface area (Å²) in [6.45, 7) is 1.82. The van der Waals surface area contributed by atoms with E-state index >= 15 is 0 Å². The van der Waals surface area contributed by atoms with E-state index in [2.05, 4.69) is 14.9 Å². The van der Waals surface area contributed by atoms with E-state index < -0.39 is 34.8 Å². The molecule has 2 saturated heterocycles. The molecule has 1 aromatic heterocycles. The van der Waals surface area contributed by atoms with Crippen molar-refractivity contribution in [2.75, 3.05) is 31.9 Å². The van der Waals surface area contributed by atoms with Crippen molar-refractivity contribution in [1.82, 2.24) is 19.2 Å². The topological polar surface area (TPSA) is 75.6 Å². The molecule has 1 saturated carbocycles. The Hall–Kier alpha value is -1.46. The molecule has 3 aliphatic rings. The summed E-state index contributed by atoms with van der Waals surface area (Å²) in [6.07, 6.45) is 0.448. The van der Waals surface area contributed by atoms with Crippen LogP contribution < -0.4 is 4.74 Å². The number of aromatic nitrogens is 2. The van der Waals surface area contributed by atoms with Gasteiger partial charge >= 0.3 is 6.18 Å².